The van der Waals surface area contributed by atoms with Crippen molar-refractivity contribution >= 4 is 11.8 Å². The molecule has 2 spiro atoms. The van der Waals surface area contributed by atoms with Crippen molar-refractivity contribution in [3.05, 3.63) is 11.6 Å². The van der Waals surface area contributed by atoms with Crippen LogP contribution in [0.1, 0.15) is 85.0 Å². The highest BCUT2D eigenvalue weighted by Gasteiger charge is 2.82. The van der Waals surface area contributed by atoms with E-state index in [4.69, 9.17) is 9.47 Å². The quantitative estimate of drug-likeness (QED) is 0.497. The van der Waals surface area contributed by atoms with E-state index in [-0.39, 0.29) is 34.1 Å². The molecule has 0 aromatic heterocycles. The maximum absolute atomic E-state index is 12.3. The van der Waals surface area contributed by atoms with Crippen molar-refractivity contribution in [3.63, 3.8) is 0 Å². The molecular weight excluding hydrogens is 364 g/mol. The summed E-state index contributed by atoms with van der Waals surface area (Å²) < 4.78 is 12.9. The minimum Gasteiger partial charge on any atom is -0.458 e. The van der Waals surface area contributed by atoms with E-state index in [1.54, 1.807) is 0 Å². The summed E-state index contributed by atoms with van der Waals surface area (Å²) in [4.78, 5) is 24.4. The van der Waals surface area contributed by atoms with Crippen LogP contribution < -0.4 is 0 Å². The third-order valence-corrected chi connectivity index (χ3v) is 10.5. The third-order valence-electron chi connectivity index (χ3n) is 10.5. The molecule has 8 atom stereocenters. The van der Waals surface area contributed by atoms with Gasteiger partial charge < -0.3 is 9.47 Å². The molecule has 0 bridgehead atoms. The van der Waals surface area contributed by atoms with E-state index in [1.807, 2.05) is 6.08 Å². The number of ketones is 1. The summed E-state index contributed by atoms with van der Waals surface area (Å²) in [5.41, 5.74) is 1.06. The predicted molar refractivity (Wildman–Crippen MR) is 108 cm³/mol. The van der Waals surface area contributed by atoms with Gasteiger partial charge in [0.15, 0.2) is 5.78 Å². The Morgan fingerprint density at radius 3 is 2.69 bits per heavy atom. The molecule has 0 radical (unpaired) electrons. The monoisotopic (exact) mass is 398 g/mol. The summed E-state index contributed by atoms with van der Waals surface area (Å²) in [5.74, 6) is 1.96. The molecule has 4 nitrogen and oxygen atoms in total. The van der Waals surface area contributed by atoms with Crippen molar-refractivity contribution in [1.29, 1.82) is 0 Å². The molecule has 4 heteroatoms. The molecule has 158 valence electrons. The first kappa shape index (κ1) is 18.6. The molecule has 2 saturated heterocycles. The Morgan fingerprint density at radius 1 is 1.14 bits per heavy atom. The Labute approximate surface area is 173 Å². The first-order chi connectivity index (χ1) is 13.8. The standard InChI is InChI=1S/C25H34O4/c1-4-5-15-12-16-13-17(26)6-9-22(16,2)25-19(28-25)14-23(3)18(21(15)25)7-10-24(23)11-8-20(27)29-24/h13,15,18-19,21H,4-12,14H2,1-3H3/t15-,18?,19+,21?,22+,23+,24-,25?/m1/s1. The first-order valence-corrected chi connectivity index (χ1v) is 11.9. The van der Waals surface area contributed by atoms with Gasteiger partial charge in [-0.2, -0.15) is 0 Å². The van der Waals surface area contributed by atoms with E-state index in [2.05, 4.69) is 20.8 Å². The van der Waals surface area contributed by atoms with Gasteiger partial charge in [-0.3, -0.25) is 9.59 Å². The highest BCUT2D eigenvalue weighted by Crippen LogP contribution is 2.78. The lowest BCUT2D eigenvalue weighted by molar-refractivity contribution is -0.166. The zero-order chi connectivity index (χ0) is 20.2. The fourth-order valence-electron chi connectivity index (χ4n) is 9.10. The van der Waals surface area contributed by atoms with Crippen LogP contribution >= 0.6 is 0 Å². The molecule has 0 amide bonds. The highest BCUT2D eigenvalue weighted by atomic mass is 16.6. The molecule has 2 heterocycles. The number of carbonyl (C=O) groups is 2. The second-order valence-electron chi connectivity index (χ2n) is 11.4. The van der Waals surface area contributed by atoms with Crippen LogP contribution in [-0.2, 0) is 19.1 Å². The Bertz CT molecular complexity index is 831. The largest absolute Gasteiger partial charge is 0.458 e. The van der Waals surface area contributed by atoms with Crippen LogP contribution in [0.5, 0.6) is 0 Å². The lowest BCUT2D eigenvalue weighted by atomic mass is 9.43. The van der Waals surface area contributed by atoms with Crippen molar-refractivity contribution in [2.75, 3.05) is 0 Å². The molecule has 6 rings (SSSR count). The van der Waals surface area contributed by atoms with Crippen LogP contribution in [0, 0.1) is 28.6 Å². The zero-order valence-corrected chi connectivity index (χ0v) is 18.1. The molecule has 0 aromatic rings. The van der Waals surface area contributed by atoms with Gasteiger partial charge in [0.25, 0.3) is 0 Å². The van der Waals surface area contributed by atoms with E-state index >= 15 is 0 Å². The summed E-state index contributed by atoms with van der Waals surface area (Å²) >= 11 is 0. The van der Waals surface area contributed by atoms with E-state index < -0.39 is 0 Å². The van der Waals surface area contributed by atoms with Crippen LogP contribution in [0.3, 0.4) is 0 Å². The van der Waals surface area contributed by atoms with Gasteiger partial charge in [0.1, 0.15) is 11.2 Å². The van der Waals surface area contributed by atoms with Crippen molar-refractivity contribution in [2.24, 2.45) is 28.6 Å². The number of ether oxygens (including phenoxy) is 2. The first-order valence-electron chi connectivity index (χ1n) is 11.9. The fourth-order valence-corrected chi connectivity index (χ4v) is 9.10. The summed E-state index contributed by atoms with van der Waals surface area (Å²) in [7, 11) is 0. The van der Waals surface area contributed by atoms with Crippen LogP contribution in [0.25, 0.3) is 0 Å². The van der Waals surface area contributed by atoms with Crippen molar-refractivity contribution in [1.82, 2.24) is 0 Å². The molecule has 6 aliphatic rings. The lowest BCUT2D eigenvalue weighted by Crippen LogP contribution is -2.62. The molecule has 0 N–H and O–H groups in total. The van der Waals surface area contributed by atoms with Crippen LogP contribution in [0.15, 0.2) is 11.6 Å². The van der Waals surface area contributed by atoms with Crippen molar-refractivity contribution < 1.29 is 19.1 Å². The summed E-state index contributed by atoms with van der Waals surface area (Å²) in [6, 6.07) is 0. The second kappa shape index (κ2) is 5.55. The zero-order valence-electron chi connectivity index (χ0n) is 18.1. The van der Waals surface area contributed by atoms with Gasteiger partial charge in [0.05, 0.1) is 6.10 Å². The van der Waals surface area contributed by atoms with Gasteiger partial charge in [0.2, 0.25) is 0 Å². The normalized spacial score (nSPS) is 54.9. The number of epoxide rings is 1. The number of carbonyl (C=O) groups excluding carboxylic acids is 2. The Morgan fingerprint density at radius 2 is 1.97 bits per heavy atom. The van der Waals surface area contributed by atoms with Crippen molar-refractivity contribution in [2.45, 2.75) is 102 Å². The van der Waals surface area contributed by atoms with Gasteiger partial charge in [-0.25, -0.2) is 0 Å². The van der Waals surface area contributed by atoms with Gasteiger partial charge in [-0.1, -0.05) is 39.2 Å². The van der Waals surface area contributed by atoms with Gasteiger partial charge in [0, 0.05) is 23.7 Å². The van der Waals surface area contributed by atoms with Gasteiger partial charge in [-0.15, -0.1) is 0 Å². The second-order valence-corrected chi connectivity index (χ2v) is 11.4. The topological polar surface area (TPSA) is 55.9 Å². The van der Waals surface area contributed by atoms with E-state index in [0.29, 0.717) is 36.4 Å². The van der Waals surface area contributed by atoms with Gasteiger partial charge >= 0.3 is 5.97 Å². The number of fused-ring (bicyclic) bond motifs is 4. The number of hydrogen-bond donors (Lipinski definition) is 0. The lowest BCUT2D eigenvalue weighted by Gasteiger charge is -2.59. The third kappa shape index (κ3) is 2.01. The predicted octanol–water partition coefficient (Wildman–Crippen LogP) is 4.75. The maximum Gasteiger partial charge on any atom is 0.306 e. The molecule has 3 saturated carbocycles. The van der Waals surface area contributed by atoms with Crippen molar-refractivity contribution in [3.8, 4) is 0 Å². The van der Waals surface area contributed by atoms with Crippen LogP contribution in [0.2, 0.25) is 0 Å². The van der Waals surface area contributed by atoms with E-state index in [9.17, 15) is 9.59 Å². The minimum absolute atomic E-state index is 0.00264. The SMILES string of the molecule is CCC[C@@H]1CC2=CC(=O)CC[C@]2(C)C23O[C@H]2C[C@@]2(C)C(CC[C@@]24CCC(=O)O4)C13. The smallest absolute Gasteiger partial charge is 0.306 e. The fraction of sp³-hybridized carbons (Fsp3) is 0.840. The molecular formula is C25H34O4. The Balaban J connectivity index is 1.46. The molecule has 4 aliphatic carbocycles. The van der Waals surface area contributed by atoms with Crippen LogP contribution in [-0.4, -0.2) is 29.1 Å². The maximum atomic E-state index is 12.3. The van der Waals surface area contributed by atoms with E-state index in [0.717, 1.165) is 38.5 Å². The molecule has 3 unspecified atom stereocenters. The minimum atomic E-state index is -0.261. The molecule has 5 fully saturated rings. The Kier molecular flexibility index (Phi) is 3.56. The molecule has 2 aliphatic heterocycles. The summed E-state index contributed by atoms with van der Waals surface area (Å²) in [6.45, 7) is 7.09. The average Bonchev–Trinajstić information content (AvgIpc) is 3.16. The van der Waals surface area contributed by atoms with Gasteiger partial charge in [-0.05, 0) is 62.4 Å². The highest BCUT2D eigenvalue weighted by molar-refractivity contribution is 5.92. The average molecular weight is 399 g/mol. The van der Waals surface area contributed by atoms with Crippen LogP contribution in [0.4, 0.5) is 0 Å². The Hall–Kier alpha value is -1.16. The number of rotatable bonds is 2. The molecule has 0 aromatic carbocycles. The number of hydrogen-bond acceptors (Lipinski definition) is 4. The number of esters is 1. The molecule has 29 heavy (non-hydrogen) atoms. The summed E-state index contributed by atoms with van der Waals surface area (Å²) in [6.07, 6.45) is 11.9. The van der Waals surface area contributed by atoms with E-state index in [1.165, 1.54) is 18.4 Å². The summed E-state index contributed by atoms with van der Waals surface area (Å²) in [5, 5.41) is 0.